The quantitative estimate of drug-likeness (QED) is 0.191. The normalized spacial score (nSPS) is 26.6. The van der Waals surface area contributed by atoms with Gasteiger partial charge < -0.3 is 10.5 Å². The van der Waals surface area contributed by atoms with Crippen LogP contribution in [0.25, 0.3) is 17.2 Å². The van der Waals surface area contributed by atoms with Crippen LogP contribution < -0.4 is 26.2 Å². The summed E-state index contributed by atoms with van der Waals surface area (Å²) in [6, 6.07) is 17.1. The van der Waals surface area contributed by atoms with Crippen LogP contribution in [-0.4, -0.2) is 28.4 Å². The Labute approximate surface area is 297 Å². The standard InChI is InChI=1S/C44H40N4OS/c45-42(50-43(46)37-18-9-17-36-35-15-6-7-19-40(35)49-41(36)37)31-23-21-27-20-22-30(24-32(27)25-31)38-26-39(48-44(47-38)29-11-2-1-3-12-29)34-16-8-13-28-10-4-5-14-33(28)34/h2,4-7,9-15,17-19,21-27,37,39,41-42,46H,1,3,8,16,20,45H2,(H,47,48)/p+1. The molecule has 5 unspecified atom stereocenters. The Hall–Kier alpha value is -4.75. The van der Waals surface area contributed by atoms with E-state index in [0.717, 1.165) is 66.1 Å². The van der Waals surface area contributed by atoms with Crippen molar-refractivity contribution in [3.63, 3.8) is 0 Å². The third-order valence-electron chi connectivity index (χ3n) is 10.7. The highest BCUT2D eigenvalue weighted by Crippen LogP contribution is 2.44. The Morgan fingerprint density at radius 3 is 2.78 bits per heavy atom. The van der Waals surface area contributed by atoms with E-state index in [1.54, 1.807) is 0 Å². The van der Waals surface area contributed by atoms with Gasteiger partial charge in [-0.15, -0.1) is 0 Å². The fourth-order valence-corrected chi connectivity index (χ4v) is 9.06. The summed E-state index contributed by atoms with van der Waals surface area (Å²) < 4.78 is 6.33. The summed E-state index contributed by atoms with van der Waals surface area (Å²) in [7, 11) is 0. The third kappa shape index (κ3) is 5.81. The minimum atomic E-state index is -0.358. The van der Waals surface area contributed by atoms with Crippen LogP contribution >= 0.6 is 11.8 Å². The van der Waals surface area contributed by atoms with E-state index < -0.39 is 0 Å². The Bertz CT molecular complexity index is 2240. The van der Waals surface area contributed by atoms with Gasteiger partial charge in [-0.2, -0.15) is 4.99 Å². The van der Waals surface area contributed by atoms with Gasteiger partial charge in [-0.1, -0.05) is 121 Å². The summed E-state index contributed by atoms with van der Waals surface area (Å²) in [5, 5.41) is 14.3. The number of hydrogen-bond acceptors (Lipinski definition) is 5. The van der Waals surface area contributed by atoms with Gasteiger partial charge in [-0.3, -0.25) is 10.7 Å². The highest BCUT2D eigenvalue weighted by Gasteiger charge is 2.38. The molecule has 5 atom stereocenters. The number of aliphatic imine (C=N–C) groups is 1. The molecule has 0 saturated heterocycles. The molecule has 0 amide bonds. The van der Waals surface area contributed by atoms with Crippen LogP contribution in [0.3, 0.4) is 0 Å². The summed E-state index contributed by atoms with van der Waals surface area (Å²) in [6.07, 6.45) is 34.2. The molecule has 0 bridgehead atoms. The van der Waals surface area contributed by atoms with Crippen molar-refractivity contribution >= 4 is 39.9 Å². The van der Waals surface area contributed by atoms with Crippen molar-refractivity contribution in [1.82, 2.24) is 0 Å². The van der Waals surface area contributed by atoms with E-state index in [9.17, 15) is 0 Å². The molecule has 2 aliphatic heterocycles. The number of thioether (sulfide) groups is 1. The van der Waals surface area contributed by atoms with Crippen LogP contribution in [0.4, 0.5) is 0 Å². The number of nitrogens with one attached hydrogen (secondary N) is 1. The number of ether oxygens (including phenoxy) is 1. The van der Waals surface area contributed by atoms with E-state index in [1.165, 1.54) is 44.5 Å². The first-order valence-corrected chi connectivity index (χ1v) is 18.7. The van der Waals surface area contributed by atoms with Crippen molar-refractivity contribution in [3.05, 3.63) is 165 Å². The van der Waals surface area contributed by atoms with Gasteiger partial charge in [0.2, 0.25) is 5.84 Å². The second kappa shape index (κ2) is 13.2. The average molecular weight is 674 g/mol. The fraction of sp³-hybridized carbons (Fsp3) is 0.227. The molecule has 0 saturated carbocycles. The second-order valence-electron chi connectivity index (χ2n) is 13.9. The Balaban J connectivity index is 0.981. The summed E-state index contributed by atoms with van der Waals surface area (Å²) in [6.45, 7) is 0. The van der Waals surface area contributed by atoms with Crippen molar-refractivity contribution in [2.75, 3.05) is 0 Å². The molecular formula is C44H41N4OS+. The number of hydrogen-bond donors (Lipinski definition) is 3. The van der Waals surface area contributed by atoms with Gasteiger partial charge in [0, 0.05) is 23.1 Å². The first-order chi connectivity index (χ1) is 24.6. The number of nitrogens with zero attached hydrogens (tertiary/aromatic N) is 1. The minimum absolute atomic E-state index is 0.168. The molecule has 2 aromatic carbocycles. The SMILES string of the molecule is N=C(SC(N)C1=CC2=CC(C3=CC(C4=c5ccccc5=CCC4)[NH2+]C(C4=CCCC=C4)=N3)=CCC2C=C1)C1C=CC=C2c3ccccc3OC21. The number of para-hydroxylation sites is 1. The number of nitrogens with two attached hydrogens (primary N) is 2. The summed E-state index contributed by atoms with van der Waals surface area (Å²) in [5.74, 6) is 2.11. The molecule has 2 heterocycles. The van der Waals surface area contributed by atoms with Gasteiger partial charge in [0.25, 0.3) is 0 Å². The molecule has 7 aliphatic rings. The Morgan fingerprint density at radius 2 is 1.86 bits per heavy atom. The van der Waals surface area contributed by atoms with Crippen LogP contribution in [0.1, 0.15) is 37.7 Å². The molecular weight excluding hydrogens is 633 g/mol. The van der Waals surface area contributed by atoms with Gasteiger partial charge in [-0.25, -0.2) is 0 Å². The lowest BCUT2D eigenvalue weighted by molar-refractivity contribution is -0.554. The summed E-state index contributed by atoms with van der Waals surface area (Å²) >= 11 is 1.42. The maximum absolute atomic E-state index is 9.10. The molecule has 2 aromatic rings. The molecule has 0 aromatic heterocycles. The van der Waals surface area contributed by atoms with Gasteiger partial charge in [-0.05, 0) is 77.0 Å². The first-order valence-electron chi connectivity index (χ1n) is 17.9. The Morgan fingerprint density at radius 1 is 0.960 bits per heavy atom. The molecule has 6 heteroatoms. The van der Waals surface area contributed by atoms with Crippen LogP contribution in [0.15, 0.2) is 154 Å². The molecule has 5 aliphatic carbocycles. The lowest BCUT2D eigenvalue weighted by Crippen LogP contribution is -2.94. The number of amidine groups is 1. The van der Waals surface area contributed by atoms with E-state index in [-0.39, 0.29) is 23.4 Å². The smallest absolute Gasteiger partial charge is 0.232 e. The van der Waals surface area contributed by atoms with E-state index >= 15 is 0 Å². The highest BCUT2D eigenvalue weighted by molar-refractivity contribution is 8.14. The largest absolute Gasteiger partial charge is 0.484 e. The molecule has 248 valence electrons. The number of allylic oxidation sites excluding steroid dienone is 9. The lowest BCUT2D eigenvalue weighted by Gasteiger charge is -2.28. The maximum atomic E-state index is 9.10. The highest BCUT2D eigenvalue weighted by atomic mass is 32.2. The van der Waals surface area contributed by atoms with Crippen molar-refractivity contribution in [2.45, 2.75) is 49.6 Å². The topological polar surface area (TPSA) is 88.1 Å². The zero-order chi connectivity index (χ0) is 33.6. The van der Waals surface area contributed by atoms with Crippen LogP contribution in [0.5, 0.6) is 5.75 Å². The average Bonchev–Trinajstić information content (AvgIpc) is 3.56. The number of quaternary nitrogens is 1. The minimum Gasteiger partial charge on any atom is -0.484 e. The predicted molar refractivity (Wildman–Crippen MR) is 207 cm³/mol. The second-order valence-corrected chi connectivity index (χ2v) is 15.0. The Kier molecular flexibility index (Phi) is 8.24. The monoisotopic (exact) mass is 673 g/mol. The van der Waals surface area contributed by atoms with E-state index in [1.807, 2.05) is 18.2 Å². The van der Waals surface area contributed by atoms with Crippen molar-refractivity contribution in [3.8, 4) is 5.75 Å². The van der Waals surface area contributed by atoms with Crippen LogP contribution in [-0.2, 0) is 0 Å². The van der Waals surface area contributed by atoms with Crippen LogP contribution in [0.2, 0.25) is 0 Å². The van der Waals surface area contributed by atoms with Crippen LogP contribution in [0, 0.1) is 17.2 Å². The van der Waals surface area contributed by atoms with Gasteiger partial charge in [0.05, 0.1) is 27.6 Å². The number of fused-ring (bicyclic) bond motifs is 5. The number of rotatable bonds is 6. The van der Waals surface area contributed by atoms with Gasteiger partial charge >= 0.3 is 0 Å². The molecule has 0 radical (unpaired) electrons. The van der Waals surface area contributed by atoms with E-state index in [2.05, 4.69) is 115 Å². The molecule has 50 heavy (non-hydrogen) atoms. The van der Waals surface area contributed by atoms with Crippen molar-refractivity contribution < 1.29 is 10.1 Å². The van der Waals surface area contributed by atoms with Crippen molar-refractivity contribution in [2.24, 2.45) is 22.6 Å². The molecule has 9 rings (SSSR count). The lowest BCUT2D eigenvalue weighted by atomic mass is 9.82. The molecule has 0 spiro atoms. The molecule has 0 fully saturated rings. The molecule has 5 N–H and O–H groups in total. The third-order valence-corrected chi connectivity index (χ3v) is 11.8. The predicted octanol–water partition coefficient (Wildman–Crippen LogP) is 6.31. The fourth-order valence-electron chi connectivity index (χ4n) is 8.15. The number of benzene rings is 2. The molecule has 5 nitrogen and oxygen atoms in total. The first kappa shape index (κ1) is 31.2. The zero-order valence-corrected chi connectivity index (χ0v) is 28.8. The van der Waals surface area contributed by atoms with Gasteiger partial charge in [0.1, 0.15) is 17.9 Å². The summed E-state index contributed by atoms with van der Waals surface area (Å²) in [5.41, 5.74) is 16.3. The van der Waals surface area contributed by atoms with E-state index in [0.29, 0.717) is 11.0 Å². The van der Waals surface area contributed by atoms with E-state index in [4.69, 9.17) is 20.9 Å². The zero-order valence-electron chi connectivity index (χ0n) is 28.0. The summed E-state index contributed by atoms with van der Waals surface area (Å²) in [4.78, 5) is 5.30. The van der Waals surface area contributed by atoms with Crippen molar-refractivity contribution in [1.29, 1.82) is 5.41 Å². The maximum Gasteiger partial charge on any atom is 0.232 e. The van der Waals surface area contributed by atoms with Gasteiger partial charge in [0.15, 0.2) is 0 Å².